The first-order chi connectivity index (χ1) is 7.83. The van der Waals surface area contributed by atoms with Gasteiger partial charge in [-0.15, -0.1) is 0 Å². The van der Waals surface area contributed by atoms with Crippen LogP contribution < -0.4 is 15.2 Å². The molecule has 3 heteroatoms. The Morgan fingerprint density at radius 2 is 2.06 bits per heavy atom. The molecule has 2 N–H and O–H groups in total. The monoisotopic (exact) mass is 223 g/mol. The molecule has 1 aromatic carbocycles. The molecule has 0 amide bonds. The Morgan fingerprint density at radius 3 is 2.69 bits per heavy atom. The number of methoxy groups -OCH3 is 1. The molecule has 1 rings (SSSR count). The fourth-order valence-electron chi connectivity index (χ4n) is 1.72. The summed E-state index contributed by atoms with van der Waals surface area (Å²) in [4.78, 5) is 0. The van der Waals surface area contributed by atoms with Crippen LogP contribution >= 0.6 is 0 Å². The summed E-state index contributed by atoms with van der Waals surface area (Å²) in [5, 5.41) is 0. The van der Waals surface area contributed by atoms with Gasteiger partial charge in [0.25, 0.3) is 0 Å². The molecule has 0 aromatic heterocycles. The smallest absolute Gasteiger partial charge is 0.163 e. The van der Waals surface area contributed by atoms with E-state index in [4.69, 9.17) is 15.2 Å². The second-order valence-electron chi connectivity index (χ2n) is 3.63. The first-order valence-corrected chi connectivity index (χ1v) is 5.82. The minimum Gasteiger partial charge on any atom is -0.493 e. The van der Waals surface area contributed by atoms with Crippen LogP contribution in [0.3, 0.4) is 0 Å². The predicted octanol–water partition coefficient (Wildman–Crippen LogP) is 2.38. The second kappa shape index (κ2) is 7.12. The minimum atomic E-state index is 0.655. The third kappa shape index (κ3) is 3.42. The molecule has 90 valence electrons. The van der Waals surface area contributed by atoms with Crippen molar-refractivity contribution in [3.8, 4) is 11.5 Å². The molecule has 0 spiro atoms. The average Bonchev–Trinajstić information content (AvgIpc) is 2.30. The fourth-order valence-corrected chi connectivity index (χ4v) is 1.72. The summed E-state index contributed by atoms with van der Waals surface area (Å²) in [6.45, 7) is 3.37. The number of unbranched alkanes of at least 4 members (excludes halogenated alkanes) is 1. The molecule has 0 unspecified atom stereocenters. The van der Waals surface area contributed by atoms with Crippen molar-refractivity contribution < 1.29 is 9.47 Å². The highest BCUT2D eigenvalue weighted by atomic mass is 16.5. The molecular weight excluding hydrogens is 202 g/mol. The van der Waals surface area contributed by atoms with E-state index in [1.807, 2.05) is 19.1 Å². The highest BCUT2D eigenvalue weighted by molar-refractivity contribution is 5.46. The zero-order valence-electron chi connectivity index (χ0n) is 10.2. The van der Waals surface area contributed by atoms with Gasteiger partial charge in [-0.2, -0.15) is 0 Å². The van der Waals surface area contributed by atoms with Crippen LogP contribution in [0.1, 0.15) is 25.3 Å². The topological polar surface area (TPSA) is 44.5 Å². The maximum atomic E-state index is 5.53. The fraction of sp³-hybridized carbons (Fsp3) is 0.538. The number of benzene rings is 1. The summed E-state index contributed by atoms with van der Waals surface area (Å²) in [5.41, 5.74) is 6.68. The summed E-state index contributed by atoms with van der Waals surface area (Å²) in [7, 11) is 1.68. The number of hydrogen-bond donors (Lipinski definition) is 1. The van der Waals surface area contributed by atoms with Crippen LogP contribution in [0.5, 0.6) is 11.5 Å². The van der Waals surface area contributed by atoms with Crippen LogP contribution in [0.25, 0.3) is 0 Å². The Labute approximate surface area is 97.6 Å². The Hall–Kier alpha value is -1.22. The average molecular weight is 223 g/mol. The molecule has 0 fully saturated rings. The lowest BCUT2D eigenvalue weighted by molar-refractivity contribution is 0.309. The van der Waals surface area contributed by atoms with Crippen LogP contribution in [-0.4, -0.2) is 20.3 Å². The van der Waals surface area contributed by atoms with Gasteiger partial charge in [0, 0.05) is 0 Å². The Balaban J connectivity index is 2.77. The lowest BCUT2D eigenvalue weighted by atomic mass is 10.1. The largest absolute Gasteiger partial charge is 0.493 e. The standard InChI is InChI=1S/C13H21NO2/c1-3-16-12-9-6-8-11(13(12)15-2)7-4-5-10-14/h6,8-9H,3-5,7,10,14H2,1-2H3. The maximum absolute atomic E-state index is 5.53. The summed E-state index contributed by atoms with van der Waals surface area (Å²) in [6.07, 6.45) is 3.12. The number of aryl methyl sites for hydroxylation is 1. The van der Waals surface area contributed by atoms with Crippen molar-refractivity contribution in [2.75, 3.05) is 20.3 Å². The van der Waals surface area contributed by atoms with Crippen LogP contribution in [-0.2, 0) is 6.42 Å². The Kier molecular flexibility index (Phi) is 5.72. The van der Waals surface area contributed by atoms with E-state index in [9.17, 15) is 0 Å². The van der Waals surface area contributed by atoms with Gasteiger partial charge < -0.3 is 15.2 Å². The second-order valence-corrected chi connectivity index (χ2v) is 3.63. The quantitative estimate of drug-likeness (QED) is 0.722. The molecule has 0 aliphatic heterocycles. The molecule has 0 aliphatic carbocycles. The van der Waals surface area contributed by atoms with Crippen molar-refractivity contribution in [2.24, 2.45) is 5.73 Å². The first kappa shape index (κ1) is 12.8. The van der Waals surface area contributed by atoms with Gasteiger partial charge in [-0.1, -0.05) is 12.1 Å². The molecule has 1 aromatic rings. The third-order valence-electron chi connectivity index (χ3n) is 2.46. The number of nitrogens with two attached hydrogens (primary N) is 1. The van der Waals surface area contributed by atoms with E-state index in [1.165, 1.54) is 5.56 Å². The summed E-state index contributed by atoms with van der Waals surface area (Å²) < 4.78 is 10.9. The molecule has 0 saturated carbocycles. The molecule has 0 bridgehead atoms. The molecule has 3 nitrogen and oxygen atoms in total. The molecule has 0 radical (unpaired) electrons. The molecule has 16 heavy (non-hydrogen) atoms. The molecule has 0 heterocycles. The van der Waals surface area contributed by atoms with Gasteiger partial charge in [-0.25, -0.2) is 0 Å². The molecular formula is C13H21NO2. The first-order valence-electron chi connectivity index (χ1n) is 5.82. The van der Waals surface area contributed by atoms with Crippen molar-refractivity contribution in [3.05, 3.63) is 23.8 Å². The lowest BCUT2D eigenvalue weighted by Crippen LogP contribution is -2.01. The van der Waals surface area contributed by atoms with Crippen molar-refractivity contribution in [1.82, 2.24) is 0 Å². The van der Waals surface area contributed by atoms with E-state index >= 15 is 0 Å². The van der Waals surface area contributed by atoms with E-state index in [0.717, 1.165) is 37.3 Å². The van der Waals surface area contributed by atoms with Crippen LogP contribution in [0.2, 0.25) is 0 Å². The van der Waals surface area contributed by atoms with Gasteiger partial charge in [0.1, 0.15) is 0 Å². The zero-order valence-corrected chi connectivity index (χ0v) is 10.2. The highest BCUT2D eigenvalue weighted by Gasteiger charge is 2.08. The normalized spacial score (nSPS) is 10.2. The van der Waals surface area contributed by atoms with E-state index < -0.39 is 0 Å². The van der Waals surface area contributed by atoms with Crippen molar-refractivity contribution >= 4 is 0 Å². The number of para-hydroxylation sites is 1. The number of rotatable bonds is 7. The lowest BCUT2D eigenvalue weighted by Gasteiger charge is -2.13. The Morgan fingerprint density at radius 1 is 1.25 bits per heavy atom. The third-order valence-corrected chi connectivity index (χ3v) is 2.46. The summed E-state index contributed by atoms with van der Waals surface area (Å²) in [6, 6.07) is 6.03. The Bertz CT molecular complexity index is 313. The SMILES string of the molecule is CCOc1cccc(CCCCN)c1OC. The van der Waals surface area contributed by atoms with Gasteiger partial charge in [0.15, 0.2) is 11.5 Å². The number of ether oxygens (including phenoxy) is 2. The maximum Gasteiger partial charge on any atom is 0.163 e. The van der Waals surface area contributed by atoms with Crippen LogP contribution in [0.4, 0.5) is 0 Å². The van der Waals surface area contributed by atoms with Crippen molar-refractivity contribution in [2.45, 2.75) is 26.2 Å². The zero-order chi connectivity index (χ0) is 11.8. The van der Waals surface area contributed by atoms with Gasteiger partial charge in [0.2, 0.25) is 0 Å². The number of hydrogen-bond acceptors (Lipinski definition) is 3. The van der Waals surface area contributed by atoms with Gasteiger partial charge in [-0.05, 0) is 44.4 Å². The summed E-state index contributed by atoms with van der Waals surface area (Å²) in [5.74, 6) is 1.69. The molecule has 0 aliphatic rings. The van der Waals surface area contributed by atoms with Crippen molar-refractivity contribution in [1.29, 1.82) is 0 Å². The van der Waals surface area contributed by atoms with Gasteiger partial charge >= 0.3 is 0 Å². The minimum absolute atomic E-state index is 0.655. The van der Waals surface area contributed by atoms with Gasteiger partial charge in [0.05, 0.1) is 13.7 Å². The van der Waals surface area contributed by atoms with E-state index in [0.29, 0.717) is 6.61 Å². The molecule has 0 saturated heterocycles. The van der Waals surface area contributed by atoms with Gasteiger partial charge in [-0.3, -0.25) is 0 Å². The molecule has 0 atom stereocenters. The predicted molar refractivity (Wildman–Crippen MR) is 66.2 cm³/mol. The van der Waals surface area contributed by atoms with Crippen molar-refractivity contribution in [3.63, 3.8) is 0 Å². The van der Waals surface area contributed by atoms with Crippen LogP contribution in [0, 0.1) is 0 Å². The van der Waals surface area contributed by atoms with Crippen LogP contribution in [0.15, 0.2) is 18.2 Å². The summed E-state index contributed by atoms with van der Waals surface area (Å²) >= 11 is 0. The van der Waals surface area contributed by atoms with E-state index in [-0.39, 0.29) is 0 Å². The van der Waals surface area contributed by atoms with E-state index in [1.54, 1.807) is 7.11 Å². The van der Waals surface area contributed by atoms with E-state index in [2.05, 4.69) is 6.07 Å². The highest BCUT2D eigenvalue weighted by Crippen LogP contribution is 2.31.